The smallest absolute Gasteiger partial charge is 0.339 e. The molecule has 0 bridgehead atoms. The topological polar surface area (TPSA) is 39.2 Å². The van der Waals surface area contributed by atoms with Gasteiger partial charge in [-0.15, -0.1) is 0 Å². The first kappa shape index (κ1) is 4.44. The number of nitrogens with zero attached hydrogens (tertiary/aromatic N) is 1. The second kappa shape index (κ2) is 2.96. The van der Waals surface area contributed by atoms with Crippen LogP contribution in [0.5, 0.6) is 0 Å². The molecule has 0 N–H and O–H groups in total. The molecule has 0 saturated heterocycles. The van der Waals surface area contributed by atoms with E-state index in [1.807, 2.05) is 0 Å². The maximum atomic E-state index is 10.9. The lowest BCUT2D eigenvalue weighted by Crippen LogP contribution is -2.00. The van der Waals surface area contributed by atoms with Gasteiger partial charge in [-0.2, -0.15) is 0 Å². The second-order valence-corrected chi connectivity index (χ2v) is 1.59. The Morgan fingerprint density at radius 1 is 1.90 bits per heavy atom. The molecule has 0 spiro atoms. The highest BCUT2D eigenvalue weighted by Gasteiger charge is 2.01. The quantitative estimate of drug-likeness (QED) is 0.542. The molecule has 1 aromatic heterocycles. The van der Waals surface area contributed by atoms with Gasteiger partial charge in [-0.05, 0) is 12.1 Å². The van der Waals surface area contributed by atoms with Crippen molar-refractivity contribution in [3.8, 4) is 0 Å². The average molecular weight is 139 g/mol. The minimum atomic E-state index is -0.604. The highest BCUT2D eigenvalue weighted by molar-refractivity contribution is 5.88. The van der Waals surface area contributed by atoms with Crippen molar-refractivity contribution in [2.24, 2.45) is 0 Å². The summed E-state index contributed by atoms with van der Waals surface area (Å²) in [6.07, 6.45) is -0.262. The lowest BCUT2D eigenvalue weighted by atomic mass is 10.3. The molecule has 0 aliphatic carbocycles. The lowest BCUT2D eigenvalue weighted by molar-refractivity contribution is 0.0600. The summed E-state index contributed by atoms with van der Waals surface area (Å²) in [5, 5.41) is 0. The van der Waals surface area contributed by atoms with E-state index in [1.165, 1.54) is 19.2 Å². The van der Waals surface area contributed by atoms with Crippen LogP contribution >= 0.6 is 0 Å². The van der Waals surface area contributed by atoms with E-state index in [9.17, 15) is 4.79 Å². The standard InChI is InChI=1S/C7H7NO2/c1-10-7(9)6-3-2-4-8-5-6/h2-5H,1H3/i4D,5D. The van der Waals surface area contributed by atoms with Crippen LogP contribution in [0.2, 0.25) is 0 Å². The van der Waals surface area contributed by atoms with Gasteiger partial charge >= 0.3 is 5.97 Å². The van der Waals surface area contributed by atoms with Crippen molar-refractivity contribution >= 4 is 5.97 Å². The van der Waals surface area contributed by atoms with Crippen LogP contribution in [0.4, 0.5) is 0 Å². The monoisotopic (exact) mass is 139 g/mol. The number of carbonyl (C=O) groups excluding carboxylic acids is 1. The van der Waals surface area contributed by atoms with Crippen molar-refractivity contribution in [3.05, 3.63) is 30.0 Å². The van der Waals surface area contributed by atoms with Crippen LogP contribution < -0.4 is 0 Å². The van der Waals surface area contributed by atoms with Crippen LogP contribution in [0.25, 0.3) is 0 Å². The first-order valence-corrected chi connectivity index (χ1v) is 2.67. The summed E-state index contributed by atoms with van der Waals surface area (Å²) in [6.45, 7) is 0. The van der Waals surface area contributed by atoms with E-state index in [0.717, 1.165) is 0 Å². The molecule has 0 unspecified atom stereocenters. The van der Waals surface area contributed by atoms with Crippen molar-refractivity contribution in [1.82, 2.24) is 4.98 Å². The van der Waals surface area contributed by atoms with Gasteiger partial charge in [-0.25, -0.2) is 4.79 Å². The van der Waals surface area contributed by atoms with Gasteiger partial charge in [0.25, 0.3) is 0 Å². The molecule has 1 heterocycles. The number of pyridine rings is 1. The number of ether oxygens (including phenoxy) is 1. The van der Waals surface area contributed by atoms with Gasteiger partial charge in [-0.1, -0.05) is 0 Å². The molecule has 1 rings (SSSR count). The normalized spacial score (nSPS) is 11.7. The van der Waals surface area contributed by atoms with Gasteiger partial charge in [0.2, 0.25) is 0 Å². The minimum absolute atomic E-state index is 0.0346. The fourth-order valence-corrected chi connectivity index (χ4v) is 0.511. The van der Waals surface area contributed by atoms with Crippen LogP contribution in [-0.4, -0.2) is 18.1 Å². The maximum Gasteiger partial charge on any atom is 0.339 e. The SMILES string of the molecule is [2H]c1ccc(C(=O)OC)c([2H])n1. The number of carbonyl (C=O) groups is 1. The number of hydrogen-bond acceptors (Lipinski definition) is 3. The number of aromatic nitrogens is 1. The van der Waals surface area contributed by atoms with E-state index < -0.39 is 5.97 Å². The first-order chi connectivity index (χ1) is 5.65. The average Bonchev–Trinajstić information content (AvgIpc) is 2.03. The Morgan fingerprint density at radius 2 is 2.70 bits per heavy atom. The van der Waals surface area contributed by atoms with Gasteiger partial charge < -0.3 is 4.74 Å². The number of esters is 1. The Labute approximate surface area is 61.5 Å². The molecule has 0 amide bonds. The van der Waals surface area contributed by atoms with E-state index in [1.54, 1.807) is 0 Å². The van der Waals surface area contributed by atoms with Crippen LogP contribution in [-0.2, 0) is 4.74 Å². The Balaban J connectivity index is 3.09. The number of rotatable bonds is 1. The molecule has 3 heteroatoms. The fraction of sp³-hybridized carbons (Fsp3) is 0.143. The Hall–Kier alpha value is -1.38. The molecule has 3 nitrogen and oxygen atoms in total. The van der Waals surface area contributed by atoms with E-state index in [2.05, 4.69) is 9.72 Å². The summed E-state index contributed by atoms with van der Waals surface area (Å²) in [6, 6.07) is 2.69. The number of hydrogen-bond donors (Lipinski definition) is 0. The third kappa shape index (κ3) is 1.31. The summed E-state index contributed by atoms with van der Waals surface area (Å²) < 4.78 is 18.7. The summed E-state index contributed by atoms with van der Waals surface area (Å²) in [5.41, 5.74) is 0.0773. The Bertz CT molecular complexity index is 314. The Morgan fingerprint density at radius 3 is 3.30 bits per heavy atom. The highest BCUT2D eigenvalue weighted by atomic mass is 16.5. The van der Waals surface area contributed by atoms with Crippen LogP contribution in [0, 0.1) is 0 Å². The molecule has 10 heavy (non-hydrogen) atoms. The predicted molar refractivity (Wildman–Crippen MR) is 35.6 cm³/mol. The van der Waals surface area contributed by atoms with Gasteiger partial charge in [0.1, 0.15) is 0 Å². The second-order valence-electron chi connectivity index (χ2n) is 1.59. The van der Waals surface area contributed by atoms with Crippen molar-refractivity contribution < 1.29 is 12.3 Å². The van der Waals surface area contributed by atoms with E-state index in [0.29, 0.717) is 0 Å². The largest absolute Gasteiger partial charge is 0.465 e. The predicted octanol–water partition coefficient (Wildman–Crippen LogP) is 0.868. The van der Waals surface area contributed by atoms with Crippen LogP contribution in [0.1, 0.15) is 13.1 Å². The molecule has 1 aromatic rings. The van der Waals surface area contributed by atoms with Gasteiger partial charge in [0, 0.05) is 12.3 Å². The van der Waals surface area contributed by atoms with Crippen LogP contribution in [0.3, 0.4) is 0 Å². The fourth-order valence-electron chi connectivity index (χ4n) is 0.511. The molecular formula is C7H7NO2. The van der Waals surface area contributed by atoms with Crippen molar-refractivity contribution in [3.63, 3.8) is 0 Å². The van der Waals surface area contributed by atoms with E-state index in [-0.39, 0.29) is 17.9 Å². The van der Waals surface area contributed by atoms with Crippen molar-refractivity contribution in [2.75, 3.05) is 7.11 Å². The zero-order chi connectivity index (χ0) is 9.14. The van der Waals surface area contributed by atoms with E-state index >= 15 is 0 Å². The molecule has 0 aliphatic heterocycles. The van der Waals surface area contributed by atoms with Crippen LogP contribution in [0.15, 0.2) is 24.5 Å². The summed E-state index contributed by atoms with van der Waals surface area (Å²) >= 11 is 0. The molecule has 0 saturated carbocycles. The molecular weight excluding hydrogens is 130 g/mol. The third-order valence-electron chi connectivity index (χ3n) is 0.971. The summed E-state index contributed by atoms with van der Waals surface area (Å²) in [4.78, 5) is 14.4. The molecule has 0 fully saturated rings. The van der Waals surface area contributed by atoms with Gasteiger partial charge in [0.15, 0.2) is 0 Å². The zero-order valence-electron chi connectivity index (χ0n) is 7.42. The molecule has 0 radical (unpaired) electrons. The molecule has 52 valence electrons. The minimum Gasteiger partial charge on any atom is -0.465 e. The summed E-state index contributed by atoms with van der Waals surface area (Å²) in [5.74, 6) is -0.604. The first-order valence-electron chi connectivity index (χ1n) is 3.67. The van der Waals surface area contributed by atoms with Crippen molar-refractivity contribution in [1.29, 1.82) is 0 Å². The lowest BCUT2D eigenvalue weighted by Gasteiger charge is -1.94. The highest BCUT2D eigenvalue weighted by Crippen LogP contribution is 1.96. The molecule has 0 aliphatic rings. The maximum absolute atomic E-state index is 10.9. The molecule has 0 aromatic carbocycles. The van der Waals surface area contributed by atoms with Gasteiger partial charge in [0.05, 0.1) is 15.4 Å². The summed E-state index contributed by atoms with van der Waals surface area (Å²) in [7, 11) is 1.23. The Kier molecular flexibility index (Phi) is 1.31. The van der Waals surface area contributed by atoms with Gasteiger partial charge in [-0.3, -0.25) is 4.98 Å². The molecule has 0 atom stereocenters. The third-order valence-corrected chi connectivity index (χ3v) is 0.971. The number of methoxy groups -OCH3 is 1. The zero-order valence-corrected chi connectivity index (χ0v) is 5.42. The van der Waals surface area contributed by atoms with Crippen molar-refractivity contribution in [2.45, 2.75) is 0 Å². The van der Waals surface area contributed by atoms with E-state index in [4.69, 9.17) is 2.74 Å².